The Labute approximate surface area is 359 Å². The van der Waals surface area contributed by atoms with Crippen molar-refractivity contribution in [3.8, 4) is 90.3 Å². The molecule has 0 saturated heterocycles. The van der Waals surface area contributed by atoms with Crippen LogP contribution in [0.5, 0.6) is 0 Å². The molecule has 11 aromatic rings. The largest absolute Gasteiger partial charge is 0.228 e. The number of aromatic nitrogens is 5. The van der Waals surface area contributed by atoms with E-state index >= 15 is 0 Å². The van der Waals surface area contributed by atoms with Gasteiger partial charge >= 0.3 is 0 Å². The molecule has 11 rings (SSSR count). The predicted octanol–water partition coefficient (Wildman–Crippen LogP) is 14.3. The summed E-state index contributed by atoms with van der Waals surface area (Å²) >= 11 is 0. The average molecular weight is 792 g/mol. The number of rotatable bonds is 8. The molecule has 0 aliphatic heterocycles. The first-order valence-corrected chi connectivity index (χ1v) is 20.7. The van der Waals surface area contributed by atoms with Gasteiger partial charge in [-0.25, -0.2) is 24.9 Å². The fourth-order valence-corrected chi connectivity index (χ4v) is 8.06. The molecule has 0 bridgehead atoms. The van der Waals surface area contributed by atoms with Gasteiger partial charge in [-0.3, -0.25) is 0 Å². The summed E-state index contributed by atoms with van der Waals surface area (Å²) < 4.78 is 0. The molecule has 0 aliphatic rings. The van der Waals surface area contributed by atoms with E-state index < -0.39 is 0 Å². The van der Waals surface area contributed by atoms with Crippen molar-refractivity contribution in [1.29, 1.82) is 0 Å². The van der Waals surface area contributed by atoms with Crippen LogP contribution in [0.1, 0.15) is 0 Å². The number of hydrogen-bond donors (Lipinski definition) is 0. The maximum Gasteiger partial charge on any atom is 0.164 e. The minimum absolute atomic E-state index is 0.606. The lowest BCUT2D eigenvalue weighted by Gasteiger charge is -2.12. The molecule has 0 N–H and O–H groups in total. The van der Waals surface area contributed by atoms with Crippen molar-refractivity contribution < 1.29 is 0 Å². The summed E-state index contributed by atoms with van der Waals surface area (Å²) in [6.45, 7) is 0. The molecule has 290 valence electrons. The fraction of sp³-hybridized carbons (Fsp3) is 0. The van der Waals surface area contributed by atoms with Crippen molar-refractivity contribution in [2.24, 2.45) is 0 Å². The molecular formula is C57H37N5. The molecule has 5 heteroatoms. The van der Waals surface area contributed by atoms with Crippen LogP contribution >= 0.6 is 0 Å². The summed E-state index contributed by atoms with van der Waals surface area (Å²) in [4.78, 5) is 25.6. The SMILES string of the molecule is c1ccc(-c2cccc(-c3cc(-c4cccc(-c5cccc(-c6nc(-c7ccc8ccccc8c7)nc(-c7ccc8ccccc8c7)n6)c5)c4)nc(-c4ccccc4)n3)c2)cc1. The number of benzene rings is 9. The van der Waals surface area contributed by atoms with Gasteiger partial charge in [0.25, 0.3) is 0 Å². The van der Waals surface area contributed by atoms with Gasteiger partial charge in [-0.05, 0) is 80.2 Å². The molecule has 0 saturated carbocycles. The van der Waals surface area contributed by atoms with E-state index in [1.54, 1.807) is 0 Å². The molecule has 2 heterocycles. The van der Waals surface area contributed by atoms with Crippen LogP contribution in [-0.4, -0.2) is 24.9 Å². The van der Waals surface area contributed by atoms with Gasteiger partial charge in [0.1, 0.15) is 0 Å². The maximum absolute atomic E-state index is 5.16. The standard InChI is InChI=1S/C57H37N5/c1-3-14-38(15-4-1)44-22-11-25-47(32-44)52-37-53(59-54(58-52)41-18-5-2-6-19-41)48-26-12-23-45(33-48)46-24-13-27-49(36-46)55-60-56(50-30-28-39-16-7-9-20-42(39)34-50)62-57(61-55)51-31-29-40-17-8-10-21-43(40)35-51/h1-37H. The van der Waals surface area contributed by atoms with Crippen molar-refractivity contribution >= 4 is 21.5 Å². The second-order valence-electron chi connectivity index (χ2n) is 15.4. The zero-order valence-corrected chi connectivity index (χ0v) is 33.6. The minimum Gasteiger partial charge on any atom is -0.228 e. The van der Waals surface area contributed by atoms with Gasteiger partial charge < -0.3 is 0 Å². The first-order chi connectivity index (χ1) is 30.7. The molecule has 5 nitrogen and oxygen atoms in total. The Morgan fingerprint density at radius 2 is 0.516 bits per heavy atom. The Hall–Kier alpha value is -8.41. The third-order valence-electron chi connectivity index (χ3n) is 11.3. The van der Waals surface area contributed by atoms with E-state index in [0.717, 1.165) is 77.8 Å². The normalized spacial score (nSPS) is 11.2. The molecule has 0 spiro atoms. The van der Waals surface area contributed by atoms with Crippen LogP contribution < -0.4 is 0 Å². The summed E-state index contributed by atoms with van der Waals surface area (Å²) in [5.74, 6) is 2.53. The monoisotopic (exact) mass is 791 g/mol. The molecule has 2 aromatic heterocycles. The first-order valence-electron chi connectivity index (χ1n) is 20.7. The maximum atomic E-state index is 5.16. The Bertz CT molecular complexity index is 3320. The molecule has 0 unspecified atom stereocenters. The second kappa shape index (κ2) is 16.0. The van der Waals surface area contributed by atoms with E-state index in [9.17, 15) is 0 Å². The van der Waals surface area contributed by atoms with Gasteiger partial charge in [-0.2, -0.15) is 0 Å². The lowest BCUT2D eigenvalue weighted by Crippen LogP contribution is -2.00. The van der Waals surface area contributed by atoms with Crippen LogP contribution in [0.15, 0.2) is 224 Å². The molecule has 9 aromatic carbocycles. The number of nitrogens with zero attached hydrogens (tertiary/aromatic N) is 5. The van der Waals surface area contributed by atoms with Gasteiger partial charge in [-0.1, -0.05) is 188 Å². The topological polar surface area (TPSA) is 64.5 Å². The van der Waals surface area contributed by atoms with Crippen LogP contribution in [0, 0.1) is 0 Å². The smallest absolute Gasteiger partial charge is 0.164 e. The van der Waals surface area contributed by atoms with Crippen molar-refractivity contribution in [1.82, 2.24) is 24.9 Å². The van der Waals surface area contributed by atoms with Gasteiger partial charge in [0.2, 0.25) is 0 Å². The van der Waals surface area contributed by atoms with Crippen molar-refractivity contribution in [3.63, 3.8) is 0 Å². The van der Waals surface area contributed by atoms with E-state index in [4.69, 9.17) is 24.9 Å². The Balaban J connectivity index is 1.00. The van der Waals surface area contributed by atoms with E-state index in [1.165, 1.54) is 10.8 Å². The Morgan fingerprint density at radius 1 is 0.177 bits per heavy atom. The van der Waals surface area contributed by atoms with Gasteiger partial charge in [0.05, 0.1) is 11.4 Å². The first kappa shape index (κ1) is 36.7. The van der Waals surface area contributed by atoms with Crippen LogP contribution in [0.2, 0.25) is 0 Å². The van der Waals surface area contributed by atoms with Gasteiger partial charge in [-0.15, -0.1) is 0 Å². The predicted molar refractivity (Wildman–Crippen MR) is 254 cm³/mol. The third-order valence-corrected chi connectivity index (χ3v) is 11.3. The summed E-state index contributed by atoms with van der Waals surface area (Å²) in [5.41, 5.74) is 11.8. The highest BCUT2D eigenvalue weighted by molar-refractivity contribution is 5.88. The molecule has 0 atom stereocenters. The lowest BCUT2D eigenvalue weighted by molar-refractivity contribution is 1.08. The summed E-state index contributed by atoms with van der Waals surface area (Å²) in [7, 11) is 0. The molecule has 0 aliphatic carbocycles. The van der Waals surface area contributed by atoms with E-state index in [2.05, 4.69) is 200 Å². The summed E-state index contributed by atoms with van der Waals surface area (Å²) in [6.07, 6.45) is 0. The quantitative estimate of drug-likeness (QED) is 0.153. The minimum atomic E-state index is 0.606. The zero-order chi connectivity index (χ0) is 41.2. The molecule has 0 amide bonds. The van der Waals surface area contributed by atoms with Crippen molar-refractivity contribution in [2.45, 2.75) is 0 Å². The summed E-state index contributed by atoms with van der Waals surface area (Å²) in [5, 5.41) is 4.60. The molecule has 0 radical (unpaired) electrons. The van der Waals surface area contributed by atoms with Crippen molar-refractivity contribution in [3.05, 3.63) is 224 Å². The third kappa shape index (κ3) is 7.40. The Kier molecular flexibility index (Phi) is 9.45. The van der Waals surface area contributed by atoms with Crippen LogP contribution in [-0.2, 0) is 0 Å². The molecule has 62 heavy (non-hydrogen) atoms. The van der Waals surface area contributed by atoms with Crippen LogP contribution in [0.3, 0.4) is 0 Å². The Morgan fingerprint density at radius 3 is 1.02 bits per heavy atom. The highest BCUT2D eigenvalue weighted by atomic mass is 15.0. The van der Waals surface area contributed by atoms with E-state index in [1.807, 2.05) is 24.3 Å². The average Bonchev–Trinajstić information content (AvgIpc) is 3.36. The van der Waals surface area contributed by atoms with Crippen LogP contribution in [0.25, 0.3) is 112 Å². The van der Waals surface area contributed by atoms with Gasteiger partial charge in [0, 0.05) is 33.4 Å². The van der Waals surface area contributed by atoms with Crippen LogP contribution in [0.4, 0.5) is 0 Å². The number of fused-ring (bicyclic) bond motifs is 2. The van der Waals surface area contributed by atoms with E-state index in [-0.39, 0.29) is 0 Å². The molecule has 0 fully saturated rings. The number of hydrogen-bond acceptors (Lipinski definition) is 5. The van der Waals surface area contributed by atoms with Gasteiger partial charge in [0.15, 0.2) is 23.3 Å². The highest BCUT2D eigenvalue weighted by Crippen LogP contribution is 2.34. The highest BCUT2D eigenvalue weighted by Gasteiger charge is 2.16. The van der Waals surface area contributed by atoms with Crippen molar-refractivity contribution in [2.75, 3.05) is 0 Å². The second-order valence-corrected chi connectivity index (χ2v) is 15.4. The van der Waals surface area contributed by atoms with E-state index in [0.29, 0.717) is 23.3 Å². The fourth-order valence-electron chi connectivity index (χ4n) is 8.06. The summed E-state index contributed by atoms with van der Waals surface area (Å²) in [6, 6.07) is 77.7. The molecular weight excluding hydrogens is 755 g/mol. The lowest BCUT2D eigenvalue weighted by atomic mass is 9.98. The zero-order valence-electron chi connectivity index (χ0n) is 33.6.